The number of carbonyl (C=O) groups is 1. The summed E-state index contributed by atoms with van der Waals surface area (Å²) in [5.74, 6) is 1.03. The number of likely N-dealkylation sites (N-methyl/N-ethyl adjacent to an activating group) is 1. The molecular weight excluding hydrogens is 510 g/mol. The second-order valence-corrected chi connectivity index (χ2v) is 10.0. The molecule has 1 unspecified atom stereocenters. The van der Waals surface area contributed by atoms with E-state index in [1.165, 1.54) is 0 Å². The normalized spacial score (nSPS) is 19.0. The van der Waals surface area contributed by atoms with E-state index in [0.29, 0.717) is 45.3 Å². The van der Waals surface area contributed by atoms with Gasteiger partial charge >= 0.3 is 0 Å². The monoisotopic (exact) mass is 547 g/mol. The zero-order valence-electron chi connectivity index (χ0n) is 23.0. The van der Waals surface area contributed by atoms with Crippen LogP contribution in [0.2, 0.25) is 0 Å². The summed E-state index contributed by atoms with van der Waals surface area (Å²) in [6.07, 6.45) is 1.75. The van der Waals surface area contributed by atoms with Gasteiger partial charge in [0.25, 0.3) is 0 Å². The minimum atomic E-state index is -0.729. The van der Waals surface area contributed by atoms with Crippen LogP contribution in [0.25, 0.3) is 11.3 Å². The Labute approximate surface area is 234 Å². The van der Waals surface area contributed by atoms with Gasteiger partial charge < -0.3 is 35.0 Å². The first kappa shape index (κ1) is 27.8. The maximum Gasteiger partial charge on any atom is 0.239 e. The standard InChI is InChI=1S/C29H37N7O4/c1-35-8-7-30-28(38)26(19-37)32-17-20-13-23(16-24(14-20)36-9-11-40-12-10-36)33-29-31-6-5-25(34-29)21-3-4-27(39-2)22(15-21)18-35/h3-6,13-16,26,32,37H,7-12,17-19H2,1-2H3,(H,30,38)(H,31,33,34). The van der Waals surface area contributed by atoms with Gasteiger partial charge in [0.05, 0.1) is 32.6 Å². The van der Waals surface area contributed by atoms with Gasteiger partial charge in [0.1, 0.15) is 11.8 Å². The molecule has 1 amide bonds. The summed E-state index contributed by atoms with van der Waals surface area (Å²) in [6.45, 7) is 4.72. The molecule has 1 fully saturated rings. The molecule has 2 aliphatic rings. The number of anilines is 3. The number of aromatic nitrogens is 2. The van der Waals surface area contributed by atoms with Gasteiger partial charge in [0.2, 0.25) is 11.9 Å². The van der Waals surface area contributed by atoms with Crippen LogP contribution in [0, 0.1) is 0 Å². The lowest BCUT2D eigenvalue weighted by Crippen LogP contribution is -2.47. The van der Waals surface area contributed by atoms with E-state index >= 15 is 0 Å². The summed E-state index contributed by atoms with van der Waals surface area (Å²) in [5.41, 5.74) is 5.60. The fourth-order valence-corrected chi connectivity index (χ4v) is 4.97. The summed E-state index contributed by atoms with van der Waals surface area (Å²) >= 11 is 0. The number of carbonyl (C=O) groups excluding carboxylic acids is 1. The molecule has 0 aliphatic carbocycles. The number of benzene rings is 2. The van der Waals surface area contributed by atoms with Crippen LogP contribution in [0.15, 0.2) is 48.7 Å². The predicted molar refractivity (Wildman–Crippen MR) is 154 cm³/mol. The average molecular weight is 548 g/mol. The molecule has 40 heavy (non-hydrogen) atoms. The number of ether oxygens (including phenoxy) is 2. The molecule has 11 nitrogen and oxygen atoms in total. The number of amides is 1. The van der Waals surface area contributed by atoms with Crippen LogP contribution < -0.4 is 25.6 Å². The van der Waals surface area contributed by atoms with Gasteiger partial charge in [0.15, 0.2) is 0 Å². The third-order valence-electron chi connectivity index (χ3n) is 7.13. The summed E-state index contributed by atoms with van der Waals surface area (Å²) < 4.78 is 11.2. The number of hydrogen-bond acceptors (Lipinski definition) is 10. The molecular formula is C29H37N7O4. The maximum atomic E-state index is 12.9. The van der Waals surface area contributed by atoms with E-state index in [1.54, 1.807) is 13.3 Å². The molecule has 1 atom stereocenters. The third kappa shape index (κ3) is 6.86. The third-order valence-corrected chi connectivity index (χ3v) is 7.13. The Morgan fingerprint density at radius 2 is 1.98 bits per heavy atom. The van der Waals surface area contributed by atoms with Gasteiger partial charge in [0, 0.05) is 68.0 Å². The molecule has 0 radical (unpaired) electrons. The van der Waals surface area contributed by atoms with E-state index in [0.717, 1.165) is 52.6 Å². The number of nitrogens with zero attached hydrogens (tertiary/aromatic N) is 4. The number of methoxy groups -OCH3 is 1. The Balaban J connectivity index is 1.52. The van der Waals surface area contributed by atoms with Crippen LogP contribution >= 0.6 is 0 Å². The van der Waals surface area contributed by atoms with E-state index in [1.807, 2.05) is 31.3 Å². The van der Waals surface area contributed by atoms with Crippen molar-refractivity contribution >= 4 is 23.2 Å². The minimum absolute atomic E-state index is 0.236. The molecule has 4 N–H and O–H groups in total. The van der Waals surface area contributed by atoms with Crippen molar-refractivity contribution in [3.05, 3.63) is 59.8 Å². The minimum Gasteiger partial charge on any atom is -0.496 e. The van der Waals surface area contributed by atoms with Gasteiger partial charge in [-0.1, -0.05) is 0 Å². The SMILES string of the molecule is COc1ccc2cc1CN(C)CCNC(=O)C(CO)NCc1cc(cc(N3CCOCC3)c1)Nc1nccc-2n1. The molecule has 2 aliphatic heterocycles. The molecule has 1 aromatic heterocycles. The summed E-state index contributed by atoms with van der Waals surface area (Å²) in [6, 6.07) is 13.4. The first-order valence-corrected chi connectivity index (χ1v) is 13.6. The lowest BCUT2D eigenvalue weighted by molar-refractivity contribution is -0.124. The van der Waals surface area contributed by atoms with Gasteiger partial charge in [-0.15, -0.1) is 0 Å². The highest BCUT2D eigenvalue weighted by molar-refractivity contribution is 5.81. The Morgan fingerprint density at radius 3 is 2.77 bits per heavy atom. The number of fused-ring (bicyclic) bond motifs is 7. The van der Waals surface area contributed by atoms with Crippen molar-refractivity contribution in [1.82, 2.24) is 25.5 Å². The van der Waals surface area contributed by atoms with E-state index in [9.17, 15) is 9.90 Å². The van der Waals surface area contributed by atoms with Crippen molar-refractivity contribution in [2.45, 2.75) is 19.1 Å². The second-order valence-electron chi connectivity index (χ2n) is 10.0. The van der Waals surface area contributed by atoms with Crippen LogP contribution in [0.4, 0.5) is 17.3 Å². The van der Waals surface area contributed by atoms with E-state index in [4.69, 9.17) is 14.5 Å². The number of aliphatic hydroxyl groups is 1. The molecule has 0 saturated carbocycles. The lowest BCUT2D eigenvalue weighted by atomic mass is 10.1. The van der Waals surface area contributed by atoms with Crippen molar-refractivity contribution in [2.75, 3.05) is 70.4 Å². The van der Waals surface area contributed by atoms with Gasteiger partial charge in [-0.25, -0.2) is 9.97 Å². The van der Waals surface area contributed by atoms with Crippen molar-refractivity contribution in [3.8, 4) is 17.0 Å². The quantitative estimate of drug-likeness (QED) is 0.386. The summed E-state index contributed by atoms with van der Waals surface area (Å²) in [4.78, 5) is 26.5. The molecule has 5 rings (SSSR count). The molecule has 3 aromatic rings. The van der Waals surface area contributed by atoms with Gasteiger partial charge in [-0.2, -0.15) is 0 Å². The molecule has 1 saturated heterocycles. The average Bonchev–Trinajstić information content (AvgIpc) is 2.97. The van der Waals surface area contributed by atoms with Gasteiger partial charge in [-0.3, -0.25) is 10.1 Å². The first-order valence-electron chi connectivity index (χ1n) is 13.6. The summed E-state index contributed by atoms with van der Waals surface area (Å²) in [7, 11) is 3.66. The smallest absolute Gasteiger partial charge is 0.239 e. The largest absolute Gasteiger partial charge is 0.496 e. The first-order chi connectivity index (χ1) is 19.5. The van der Waals surface area contributed by atoms with Crippen LogP contribution in [-0.4, -0.2) is 92.1 Å². The summed E-state index contributed by atoms with van der Waals surface area (Å²) in [5, 5.41) is 19.5. The van der Waals surface area contributed by atoms with Crippen molar-refractivity contribution in [2.24, 2.45) is 0 Å². The molecule has 2 aromatic carbocycles. The number of aliphatic hydroxyl groups excluding tert-OH is 1. The maximum absolute atomic E-state index is 12.9. The Morgan fingerprint density at radius 1 is 1.12 bits per heavy atom. The fourth-order valence-electron chi connectivity index (χ4n) is 4.97. The molecule has 3 heterocycles. The van der Waals surface area contributed by atoms with Crippen molar-refractivity contribution < 1.29 is 19.4 Å². The number of hydrogen-bond donors (Lipinski definition) is 4. The molecule has 0 spiro atoms. The fraction of sp³-hybridized carbons (Fsp3) is 0.414. The Hall–Kier alpha value is -3.77. The highest BCUT2D eigenvalue weighted by Gasteiger charge is 2.19. The highest BCUT2D eigenvalue weighted by Crippen LogP contribution is 2.29. The van der Waals surface area contributed by atoms with E-state index < -0.39 is 6.04 Å². The van der Waals surface area contributed by atoms with Crippen molar-refractivity contribution in [3.63, 3.8) is 0 Å². The topological polar surface area (TPSA) is 124 Å². The zero-order valence-corrected chi connectivity index (χ0v) is 23.0. The second kappa shape index (κ2) is 13.1. The predicted octanol–water partition coefficient (Wildman–Crippen LogP) is 1.74. The highest BCUT2D eigenvalue weighted by atomic mass is 16.5. The van der Waals surface area contributed by atoms with Crippen LogP contribution in [0.5, 0.6) is 5.75 Å². The lowest BCUT2D eigenvalue weighted by Gasteiger charge is -2.30. The van der Waals surface area contributed by atoms with E-state index in [-0.39, 0.29) is 12.5 Å². The van der Waals surface area contributed by atoms with Crippen molar-refractivity contribution in [1.29, 1.82) is 0 Å². The van der Waals surface area contributed by atoms with Crippen LogP contribution in [0.1, 0.15) is 11.1 Å². The van der Waals surface area contributed by atoms with Crippen LogP contribution in [0.3, 0.4) is 0 Å². The zero-order chi connectivity index (χ0) is 27.9. The number of morpholine rings is 1. The Kier molecular flexibility index (Phi) is 9.07. The van der Waals surface area contributed by atoms with E-state index in [2.05, 4.69) is 48.9 Å². The molecule has 11 heteroatoms. The molecule has 6 bridgehead atoms. The molecule has 212 valence electrons. The number of rotatable bonds is 3. The number of nitrogens with one attached hydrogen (secondary N) is 3. The Bertz CT molecular complexity index is 1320. The van der Waals surface area contributed by atoms with Gasteiger partial charge in [-0.05, 0) is 55.1 Å². The van der Waals surface area contributed by atoms with Crippen LogP contribution in [-0.2, 0) is 22.6 Å².